The largest absolute Gasteiger partial charge is 0.478 e. The van der Waals surface area contributed by atoms with Crippen LogP contribution in [0.4, 0.5) is 17.6 Å². The van der Waals surface area contributed by atoms with E-state index < -0.39 is 18.1 Å². The zero-order chi connectivity index (χ0) is 12.3. The number of hydrogen-bond acceptors (Lipinski definition) is 1. The van der Waals surface area contributed by atoms with Crippen molar-refractivity contribution in [3.05, 3.63) is 37.5 Å². The zero-order valence-corrected chi connectivity index (χ0v) is 7.49. The van der Waals surface area contributed by atoms with E-state index in [9.17, 15) is 22.4 Å². The van der Waals surface area contributed by atoms with Crippen LogP contribution in [-0.2, 0) is 4.79 Å². The highest BCUT2D eigenvalue weighted by Crippen LogP contribution is 2.08. The molecule has 82 valence electrons. The first kappa shape index (κ1) is 18.2. The monoisotopic (exact) mass is 214 g/mol. The molecule has 0 aromatic heterocycles. The highest BCUT2D eigenvalue weighted by atomic mass is 19.3. The summed E-state index contributed by atoms with van der Waals surface area (Å²) < 4.78 is 41.1. The van der Waals surface area contributed by atoms with Gasteiger partial charge in [-0.1, -0.05) is 6.58 Å². The second kappa shape index (κ2) is 11.4. The fourth-order valence-corrected chi connectivity index (χ4v) is 0. The molecule has 0 bridgehead atoms. The second-order valence-electron chi connectivity index (χ2n) is 1.61. The van der Waals surface area contributed by atoms with E-state index in [0.717, 1.165) is 0 Å². The van der Waals surface area contributed by atoms with E-state index in [0.29, 0.717) is 0 Å². The molecule has 0 atom stereocenters. The lowest BCUT2D eigenvalue weighted by molar-refractivity contribution is -0.132. The van der Waals surface area contributed by atoms with Gasteiger partial charge in [0.2, 0.25) is 0 Å². The van der Waals surface area contributed by atoms with Crippen LogP contribution in [0.5, 0.6) is 0 Å². The number of halogens is 4. The third-order valence-electron chi connectivity index (χ3n) is 0.508. The summed E-state index contributed by atoms with van der Waals surface area (Å²) in [6, 6.07) is 0. The van der Waals surface area contributed by atoms with Gasteiger partial charge < -0.3 is 5.11 Å². The molecule has 2 nitrogen and oxygen atoms in total. The van der Waals surface area contributed by atoms with Crippen LogP contribution in [0.3, 0.4) is 0 Å². The van der Waals surface area contributed by atoms with Gasteiger partial charge in [-0.3, -0.25) is 0 Å². The predicted octanol–water partition coefficient (Wildman–Crippen LogP) is 3.44. The van der Waals surface area contributed by atoms with Gasteiger partial charge in [0.1, 0.15) is 0 Å². The normalized spacial score (nSPS) is 6.93. The van der Waals surface area contributed by atoms with Gasteiger partial charge in [-0.2, -0.15) is 17.6 Å². The molecule has 0 spiro atoms. The van der Waals surface area contributed by atoms with Gasteiger partial charge in [0.15, 0.2) is 0 Å². The highest BCUT2D eigenvalue weighted by Gasteiger charge is 1.98. The summed E-state index contributed by atoms with van der Waals surface area (Å²) in [6.45, 7) is 10.6. The molecule has 0 amide bonds. The molecule has 0 rings (SSSR count). The van der Waals surface area contributed by atoms with E-state index in [1.165, 1.54) is 6.92 Å². The van der Waals surface area contributed by atoms with E-state index in [2.05, 4.69) is 19.7 Å². The first-order valence-corrected chi connectivity index (χ1v) is 3.04. The predicted molar refractivity (Wildman–Crippen MR) is 45.2 cm³/mol. The summed E-state index contributed by atoms with van der Waals surface area (Å²) in [5.74, 6) is -0.935. The SMILES string of the molecule is C=C.C=C(C)C(=O)O.FC(F)=C(F)F. The molecule has 1 N–H and O–H groups in total. The van der Waals surface area contributed by atoms with Crippen LogP contribution < -0.4 is 0 Å². The molecule has 0 fully saturated rings. The maximum absolute atomic E-state index is 10.3. The zero-order valence-electron chi connectivity index (χ0n) is 7.49. The molecule has 0 aliphatic rings. The molecule has 0 heterocycles. The summed E-state index contributed by atoms with van der Waals surface area (Å²) >= 11 is 0. The van der Waals surface area contributed by atoms with E-state index in [-0.39, 0.29) is 5.57 Å². The Labute approximate surface area is 78.9 Å². The standard InChI is InChI=1S/C4H6O2.C2F4.C2H4/c1-3(2)4(5)6;3-1(4)2(5)6;1-2/h1H2,2H3,(H,5,6);;1-2H2. The summed E-state index contributed by atoms with van der Waals surface area (Å²) in [7, 11) is 0. The lowest BCUT2D eigenvalue weighted by Crippen LogP contribution is -1.92. The lowest BCUT2D eigenvalue weighted by Gasteiger charge is -1.79. The van der Waals surface area contributed by atoms with Crippen molar-refractivity contribution in [2.24, 2.45) is 0 Å². The summed E-state index contributed by atoms with van der Waals surface area (Å²) in [4.78, 5) is 9.60. The maximum atomic E-state index is 10.3. The number of hydrogen-bond donors (Lipinski definition) is 1. The number of aliphatic carboxylic acids is 1. The molecule has 6 heteroatoms. The smallest absolute Gasteiger partial charge is 0.334 e. The first-order valence-electron chi connectivity index (χ1n) is 3.04. The summed E-state index contributed by atoms with van der Waals surface area (Å²) in [5, 5.41) is 7.89. The van der Waals surface area contributed by atoms with Gasteiger partial charge in [-0.05, 0) is 6.92 Å². The molecule has 0 radical (unpaired) electrons. The fraction of sp³-hybridized carbons (Fsp3) is 0.125. The van der Waals surface area contributed by atoms with E-state index >= 15 is 0 Å². The van der Waals surface area contributed by atoms with Crippen molar-refractivity contribution < 1.29 is 27.5 Å². The fourth-order valence-electron chi connectivity index (χ4n) is 0. The Hall–Kier alpha value is -1.59. The van der Waals surface area contributed by atoms with Crippen LogP contribution in [0.15, 0.2) is 37.5 Å². The van der Waals surface area contributed by atoms with Crippen molar-refractivity contribution in [2.75, 3.05) is 0 Å². The van der Waals surface area contributed by atoms with Crippen molar-refractivity contribution >= 4 is 5.97 Å². The van der Waals surface area contributed by atoms with Crippen molar-refractivity contribution in [1.82, 2.24) is 0 Å². The number of carboxylic acid groups (broad SMARTS) is 1. The molecule has 0 unspecified atom stereocenters. The van der Waals surface area contributed by atoms with Gasteiger partial charge in [0.05, 0.1) is 0 Å². The average Bonchev–Trinajstić information content (AvgIpc) is 2.08. The Kier molecular flexibility index (Phi) is 14.9. The van der Waals surface area contributed by atoms with Gasteiger partial charge in [0, 0.05) is 5.57 Å². The highest BCUT2D eigenvalue weighted by molar-refractivity contribution is 5.84. The molecular formula is C8H10F4O2. The van der Waals surface area contributed by atoms with Crippen LogP contribution in [0.25, 0.3) is 0 Å². The molecule has 0 aromatic rings. The molecule has 0 saturated carbocycles. The quantitative estimate of drug-likeness (QED) is 0.412. The van der Waals surface area contributed by atoms with E-state index in [1.54, 1.807) is 0 Å². The van der Waals surface area contributed by atoms with Gasteiger partial charge in [-0.25, -0.2) is 4.79 Å². The summed E-state index contributed by atoms with van der Waals surface area (Å²) in [6.07, 6.45) is -5.81. The van der Waals surface area contributed by atoms with Crippen molar-refractivity contribution in [2.45, 2.75) is 6.92 Å². The number of rotatable bonds is 1. The minimum absolute atomic E-state index is 0.176. The molecule has 0 aliphatic heterocycles. The minimum atomic E-state index is -2.91. The van der Waals surface area contributed by atoms with Crippen LogP contribution in [-0.4, -0.2) is 11.1 Å². The van der Waals surface area contributed by atoms with E-state index in [4.69, 9.17) is 5.11 Å². The Bertz CT molecular complexity index is 193. The summed E-state index contributed by atoms with van der Waals surface area (Å²) in [5.41, 5.74) is 0.176. The van der Waals surface area contributed by atoms with Gasteiger partial charge in [-0.15, -0.1) is 13.2 Å². The van der Waals surface area contributed by atoms with E-state index in [1.807, 2.05) is 0 Å². The van der Waals surface area contributed by atoms with Crippen LogP contribution in [0.2, 0.25) is 0 Å². The molecule has 0 saturated heterocycles. The van der Waals surface area contributed by atoms with Gasteiger partial charge in [0.25, 0.3) is 0 Å². The maximum Gasteiger partial charge on any atom is 0.334 e. The number of carboxylic acids is 1. The van der Waals surface area contributed by atoms with Crippen molar-refractivity contribution in [3.8, 4) is 0 Å². The lowest BCUT2D eigenvalue weighted by atomic mass is 10.4. The number of carbonyl (C=O) groups is 1. The molecule has 0 aliphatic carbocycles. The Morgan fingerprint density at radius 3 is 1.21 bits per heavy atom. The Balaban J connectivity index is -0.000000147. The van der Waals surface area contributed by atoms with Gasteiger partial charge >= 0.3 is 18.1 Å². The van der Waals surface area contributed by atoms with Crippen LogP contribution in [0, 0.1) is 0 Å². The average molecular weight is 214 g/mol. The van der Waals surface area contributed by atoms with Crippen LogP contribution >= 0.6 is 0 Å². The molecule has 0 aromatic carbocycles. The minimum Gasteiger partial charge on any atom is -0.478 e. The van der Waals surface area contributed by atoms with Crippen molar-refractivity contribution in [1.29, 1.82) is 0 Å². The van der Waals surface area contributed by atoms with Crippen LogP contribution in [0.1, 0.15) is 6.92 Å². The first-order chi connectivity index (χ1) is 6.29. The van der Waals surface area contributed by atoms with Crippen molar-refractivity contribution in [3.63, 3.8) is 0 Å². The topological polar surface area (TPSA) is 37.3 Å². The Morgan fingerprint density at radius 1 is 1.07 bits per heavy atom. The third kappa shape index (κ3) is 22.4. The second-order valence-corrected chi connectivity index (χ2v) is 1.61. The molecular weight excluding hydrogens is 204 g/mol. The Morgan fingerprint density at radius 2 is 1.21 bits per heavy atom. The molecule has 14 heavy (non-hydrogen) atoms. The third-order valence-corrected chi connectivity index (χ3v) is 0.508.